The zero-order chi connectivity index (χ0) is 17.3. The number of nitrogens with zero attached hydrogens (tertiary/aromatic N) is 2. The third-order valence-corrected chi connectivity index (χ3v) is 4.41. The Morgan fingerprint density at radius 1 is 1.17 bits per heavy atom. The maximum atomic E-state index is 12.2. The molecular weight excluding hydrogens is 310 g/mol. The largest absolute Gasteiger partial charge is 0.352 e. The van der Waals surface area contributed by atoms with E-state index in [0.29, 0.717) is 37.1 Å². The van der Waals surface area contributed by atoms with Crippen LogP contribution < -0.4 is 5.32 Å². The minimum absolute atomic E-state index is 0.173. The van der Waals surface area contributed by atoms with Crippen LogP contribution in [-0.2, 0) is 4.79 Å². The van der Waals surface area contributed by atoms with Crippen LogP contribution in [0.1, 0.15) is 50.3 Å². The highest BCUT2D eigenvalue weighted by atomic mass is 16.2. The standard InChI is InChI=1S/C17H19N3O4/c1-19-16(23)12-6-5-11(10-13(12)17(19)24)15(22)18-7-3-9-20-8-2-4-14(20)21/h5-6,10H,2-4,7-9H2,1H3,(H,18,22). The second-order valence-electron chi connectivity index (χ2n) is 6.02. The van der Waals surface area contributed by atoms with Crippen LogP contribution in [0.4, 0.5) is 0 Å². The second kappa shape index (κ2) is 6.43. The Morgan fingerprint density at radius 3 is 2.62 bits per heavy atom. The fourth-order valence-corrected chi connectivity index (χ4v) is 3.02. The van der Waals surface area contributed by atoms with Crippen molar-refractivity contribution in [1.82, 2.24) is 15.1 Å². The average Bonchev–Trinajstić information content (AvgIpc) is 3.09. The predicted molar refractivity (Wildman–Crippen MR) is 85.6 cm³/mol. The molecule has 1 aromatic rings. The van der Waals surface area contributed by atoms with E-state index in [1.807, 2.05) is 4.90 Å². The number of carbonyl (C=O) groups excluding carboxylic acids is 4. The normalized spacial score (nSPS) is 16.8. The first kappa shape index (κ1) is 16.2. The summed E-state index contributed by atoms with van der Waals surface area (Å²) < 4.78 is 0. The number of likely N-dealkylation sites (tertiary alicyclic amines) is 1. The molecule has 1 aromatic carbocycles. The number of hydrogen-bond donors (Lipinski definition) is 1. The Labute approximate surface area is 139 Å². The average molecular weight is 329 g/mol. The number of rotatable bonds is 5. The molecule has 0 atom stereocenters. The van der Waals surface area contributed by atoms with Gasteiger partial charge < -0.3 is 10.2 Å². The maximum Gasteiger partial charge on any atom is 0.261 e. The van der Waals surface area contributed by atoms with Gasteiger partial charge in [-0.15, -0.1) is 0 Å². The molecule has 7 heteroatoms. The van der Waals surface area contributed by atoms with Gasteiger partial charge in [0, 0.05) is 38.7 Å². The molecule has 1 saturated heterocycles. The van der Waals surface area contributed by atoms with Crippen LogP contribution in [0.15, 0.2) is 18.2 Å². The summed E-state index contributed by atoms with van der Waals surface area (Å²) in [5.41, 5.74) is 0.937. The third kappa shape index (κ3) is 2.89. The molecular formula is C17H19N3O4. The first-order chi connectivity index (χ1) is 11.5. The monoisotopic (exact) mass is 329 g/mol. The van der Waals surface area contributed by atoms with E-state index in [1.54, 1.807) is 6.07 Å². The summed E-state index contributed by atoms with van der Waals surface area (Å²) in [6.45, 7) is 1.88. The Kier molecular flexibility index (Phi) is 4.33. The fourth-order valence-electron chi connectivity index (χ4n) is 3.02. The Bertz CT molecular complexity index is 729. The molecule has 126 valence electrons. The van der Waals surface area contributed by atoms with E-state index in [4.69, 9.17) is 0 Å². The van der Waals surface area contributed by atoms with Crippen LogP contribution in [0.3, 0.4) is 0 Å². The van der Waals surface area contributed by atoms with Gasteiger partial charge in [0.05, 0.1) is 11.1 Å². The predicted octanol–water partition coefficient (Wildman–Crippen LogP) is 0.655. The van der Waals surface area contributed by atoms with Gasteiger partial charge in [0.25, 0.3) is 17.7 Å². The SMILES string of the molecule is CN1C(=O)c2ccc(C(=O)NCCCN3CCCC3=O)cc2C1=O. The van der Waals surface area contributed by atoms with E-state index < -0.39 is 5.91 Å². The van der Waals surface area contributed by atoms with Crippen LogP contribution >= 0.6 is 0 Å². The molecule has 24 heavy (non-hydrogen) atoms. The molecule has 0 aliphatic carbocycles. The zero-order valence-electron chi connectivity index (χ0n) is 13.5. The molecule has 0 bridgehead atoms. The maximum absolute atomic E-state index is 12.2. The Balaban J connectivity index is 1.55. The highest BCUT2D eigenvalue weighted by Crippen LogP contribution is 2.22. The smallest absolute Gasteiger partial charge is 0.261 e. The summed E-state index contributed by atoms with van der Waals surface area (Å²) in [6, 6.07) is 4.51. The molecule has 0 aromatic heterocycles. The van der Waals surface area contributed by atoms with Crippen molar-refractivity contribution in [3.63, 3.8) is 0 Å². The van der Waals surface area contributed by atoms with Crippen molar-refractivity contribution >= 4 is 23.6 Å². The van der Waals surface area contributed by atoms with Crippen LogP contribution in [0.2, 0.25) is 0 Å². The molecule has 0 saturated carbocycles. The quantitative estimate of drug-likeness (QED) is 0.635. The minimum Gasteiger partial charge on any atom is -0.352 e. The molecule has 2 aliphatic rings. The summed E-state index contributed by atoms with van der Waals surface area (Å²) >= 11 is 0. The number of benzene rings is 1. The first-order valence-corrected chi connectivity index (χ1v) is 8.01. The number of nitrogens with one attached hydrogen (secondary N) is 1. The van der Waals surface area contributed by atoms with Crippen molar-refractivity contribution in [2.75, 3.05) is 26.7 Å². The highest BCUT2D eigenvalue weighted by molar-refractivity contribution is 6.21. The molecule has 2 heterocycles. The van der Waals surface area contributed by atoms with Crippen molar-refractivity contribution in [3.05, 3.63) is 34.9 Å². The molecule has 7 nitrogen and oxygen atoms in total. The van der Waals surface area contributed by atoms with Gasteiger partial charge in [0.1, 0.15) is 0 Å². The molecule has 0 unspecified atom stereocenters. The molecule has 1 fully saturated rings. The number of fused-ring (bicyclic) bond motifs is 1. The van der Waals surface area contributed by atoms with Crippen LogP contribution in [-0.4, -0.2) is 60.1 Å². The van der Waals surface area contributed by atoms with Gasteiger partial charge in [-0.2, -0.15) is 0 Å². The molecule has 3 rings (SSSR count). The molecule has 0 radical (unpaired) electrons. The van der Waals surface area contributed by atoms with Crippen molar-refractivity contribution < 1.29 is 19.2 Å². The highest BCUT2D eigenvalue weighted by Gasteiger charge is 2.33. The molecule has 2 aliphatic heterocycles. The van der Waals surface area contributed by atoms with E-state index in [9.17, 15) is 19.2 Å². The number of carbonyl (C=O) groups is 4. The van der Waals surface area contributed by atoms with Gasteiger partial charge in [0.15, 0.2) is 0 Å². The van der Waals surface area contributed by atoms with E-state index >= 15 is 0 Å². The van der Waals surface area contributed by atoms with Gasteiger partial charge in [-0.05, 0) is 31.0 Å². The number of hydrogen-bond acceptors (Lipinski definition) is 4. The summed E-state index contributed by atoms with van der Waals surface area (Å²) in [6.07, 6.45) is 2.20. The molecule has 0 spiro atoms. The van der Waals surface area contributed by atoms with Crippen LogP contribution in [0.5, 0.6) is 0 Å². The number of imide groups is 1. The van der Waals surface area contributed by atoms with Crippen molar-refractivity contribution in [2.45, 2.75) is 19.3 Å². The number of amides is 4. The van der Waals surface area contributed by atoms with E-state index in [1.165, 1.54) is 19.2 Å². The first-order valence-electron chi connectivity index (χ1n) is 8.01. The van der Waals surface area contributed by atoms with Gasteiger partial charge in [-0.25, -0.2) is 0 Å². The van der Waals surface area contributed by atoms with Crippen molar-refractivity contribution in [3.8, 4) is 0 Å². The lowest BCUT2D eigenvalue weighted by Crippen LogP contribution is -2.30. The topological polar surface area (TPSA) is 86.8 Å². The summed E-state index contributed by atoms with van der Waals surface area (Å²) in [4.78, 5) is 50.3. The summed E-state index contributed by atoms with van der Waals surface area (Å²) in [7, 11) is 1.42. The van der Waals surface area contributed by atoms with Gasteiger partial charge in [-0.1, -0.05) is 0 Å². The van der Waals surface area contributed by atoms with E-state index in [0.717, 1.165) is 17.9 Å². The lowest BCUT2D eigenvalue weighted by atomic mass is 10.1. The molecule has 4 amide bonds. The van der Waals surface area contributed by atoms with Crippen molar-refractivity contribution in [1.29, 1.82) is 0 Å². The minimum atomic E-state index is -0.391. The third-order valence-electron chi connectivity index (χ3n) is 4.41. The van der Waals surface area contributed by atoms with Crippen LogP contribution in [0.25, 0.3) is 0 Å². The van der Waals surface area contributed by atoms with E-state index in [-0.39, 0.29) is 23.3 Å². The molecule has 1 N–H and O–H groups in total. The Hall–Kier alpha value is -2.70. The summed E-state index contributed by atoms with van der Waals surface area (Å²) in [5.74, 6) is -0.859. The van der Waals surface area contributed by atoms with E-state index in [2.05, 4.69) is 5.32 Å². The van der Waals surface area contributed by atoms with Gasteiger partial charge in [0.2, 0.25) is 5.91 Å². The van der Waals surface area contributed by atoms with Crippen molar-refractivity contribution in [2.24, 2.45) is 0 Å². The lowest BCUT2D eigenvalue weighted by molar-refractivity contribution is -0.127. The lowest BCUT2D eigenvalue weighted by Gasteiger charge is -2.15. The van der Waals surface area contributed by atoms with Crippen LogP contribution in [0, 0.1) is 0 Å². The van der Waals surface area contributed by atoms with Gasteiger partial charge in [-0.3, -0.25) is 24.1 Å². The zero-order valence-corrected chi connectivity index (χ0v) is 13.5. The Morgan fingerprint density at radius 2 is 1.92 bits per heavy atom. The fraction of sp³-hybridized carbons (Fsp3) is 0.412. The second-order valence-corrected chi connectivity index (χ2v) is 6.02. The van der Waals surface area contributed by atoms with Gasteiger partial charge >= 0.3 is 0 Å². The summed E-state index contributed by atoms with van der Waals surface area (Å²) in [5, 5.41) is 2.78.